The molecule has 0 saturated carbocycles. The van der Waals surface area contributed by atoms with Crippen molar-refractivity contribution in [1.82, 2.24) is 0 Å². The van der Waals surface area contributed by atoms with E-state index >= 15 is 0 Å². The molecule has 0 bridgehead atoms. The number of hydrogen-bond acceptors (Lipinski definition) is 2. The van der Waals surface area contributed by atoms with Crippen LogP contribution >= 0.6 is 0 Å². The van der Waals surface area contributed by atoms with Gasteiger partial charge in [-0.1, -0.05) is 158 Å². The van der Waals surface area contributed by atoms with Gasteiger partial charge in [0.1, 0.15) is 0 Å². The summed E-state index contributed by atoms with van der Waals surface area (Å²) in [4.78, 5) is 4.96. The first-order chi connectivity index (χ1) is 25.5. The van der Waals surface area contributed by atoms with Gasteiger partial charge in [-0.25, -0.2) is 0 Å². The van der Waals surface area contributed by atoms with Gasteiger partial charge in [0.25, 0.3) is 0 Å². The molecule has 274 valence electrons. The van der Waals surface area contributed by atoms with Crippen molar-refractivity contribution >= 4 is 55.7 Å². The molecule has 0 amide bonds. The van der Waals surface area contributed by atoms with E-state index in [4.69, 9.17) is 0 Å². The fourth-order valence-electron chi connectivity index (χ4n) is 7.50. The molecule has 0 heterocycles. The topological polar surface area (TPSA) is 6.48 Å². The van der Waals surface area contributed by atoms with Crippen LogP contribution in [0.4, 0.5) is 34.1 Å². The molecular weight excluding hydrogens is 653 g/mol. The summed E-state index contributed by atoms with van der Waals surface area (Å²) in [7, 11) is 0. The summed E-state index contributed by atoms with van der Waals surface area (Å²) in [5.74, 6) is 0. The van der Waals surface area contributed by atoms with Crippen LogP contribution in [-0.4, -0.2) is 0 Å². The van der Waals surface area contributed by atoms with E-state index < -0.39 is 0 Å². The van der Waals surface area contributed by atoms with Crippen LogP contribution in [0.5, 0.6) is 0 Å². The average molecular weight is 709 g/mol. The molecule has 0 atom stereocenters. The molecule has 7 aromatic carbocycles. The number of rotatable bonds is 6. The summed E-state index contributed by atoms with van der Waals surface area (Å²) >= 11 is 0. The highest BCUT2D eigenvalue weighted by molar-refractivity contribution is 6.23. The third-order valence-electron chi connectivity index (χ3n) is 10.8. The Bertz CT molecular complexity index is 2410. The highest BCUT2D eigenvalue weighted by Gasteiger charge is 2.27. The Hall–Kier alpha value is -5.34. The van der Waals surface area contributed by atoms with E-state index in [1.54, 1.807) is 0 Å². The Morgan fingerprint density at radius 1 is 0.315 bits per heavy atom. The van der Waals surface area contributed by atoms with Gasteiger partial charge in [-0.2, -0.15) is 0 Å². The molecule has 0 unspecified atom stereocenters. The molecule has 2 nitrogen and oxygen atoms in total. The Balaban J connectivity index is 1.62. The number of hydrogen-bond donors (Lipinski definition) is 0. The van der Waals surface area contributed by atoms with Crippen molar-refractivity contribution in [3.8, 4) is 0 Å². The monoisotopic (exact) mass is 708 g/mol. The molecule has 7 rings (SSSR count). The van der Waals surface area contributed by atoms with E-state index in [-0.39, 0.29) is 16.2 Å². The van der Waals surface area contributed by atoms with Gasteiger partial charge in [0, 0.05) is 44.3 Å². The first-order valence-corrected chi connectivity index (χ1v) is 19.4. The Kier molecular flexibility index (Phi) is 9.47. The second-order valence-electron chi connectivity index (χ2n) is 18.2. The normalized spacial score (nSPS) is 12.4. The number of fused-ring (bicyclic) bond motifs is 2. The lowest BCUT2D eigenvalue weighted by atomic mass is 9.84. The van der Waals surface area contributed by atoms with E-state index in [1.807, 2.05) is 0 Å². The molecule has 0 radical (unpaired) electrons. The summed E-state index contributed by atoms with van der Waals surface area (Å²) in [5, 5.41) is 4.84. The van der Waals surface area contributed by atoms with Crippen LogP contribution in [0.15, 0.2) is 140 Å². The lowest BCUT2D eigenvalue weighted by Crippen LogP contribution is -2.17. The summed E-state index contributed by atoms with van der Waals surface area (Å²) < 4.78 is 0. The molecule has 7 aromatic rings. The van der Waals surface area contributed by atoms with Gasteiger partial charge in [0.15, 0.2) is 0 Å². The number of nitrogens with zero attached hydrogens (tertiary/aromatic N) is 2. The van der Waals surface area contributed by atoms with Gasteiger partial charge in [0.05, 0.1) is 11.4 Å². The van der Waals surface area contributed by atoms with Gasteiger partial charge in [-0.05, 0) is 101 Å². The number of anilines is 6. The third-order valence-corrected chi connectivity index (χ3v) is 10.8. The minimum Gasteiger partial charge on any atom is -0.309 e. The molecule has 0 aliphatic carbocycles. The second-order valence-corrected chi connectivity index (χ2v) is 18.2. The standard InChI is InChI=1S/C52H56N2/c1-35-16-25-40(26-17-35)53(42-29-20-37(21-30-42)50(3,4)5)48-44-14-12-13-15-45(44)49(47-34-39(52(9,10)11)24-33-46(47)48)54(41-27-18-36(2)19-28-41)43-31-22-38(23-32-43)51(6,7)8/h12-34H,1-11H3. The minimum atomic E-state index is -0.0419. The quantitative estimate of drug-likeness (QED) is 0.125. The Morgan fingerprint density at radius 3 is 0.963 bits per heavy atom. The average Bonchev–Trinajstić information content (AvgIpc) is 3.13. The van der Waals surface area contributed by atoms with Crippen LogP contribution in [0.3, 0.4) is 0 Å². The van der Waals surface area contributed by atoms with Gasteiger partial charge < -0.3 is 9.80 Å². The zero-order valence-corrected chi connectivity index (χ0v) is 34.2. The van der Waals surface area contributed by atoms with Crippen LogP contribution in [0.25, 0.3) is 21.5 Å². The van der Waals surface area contributed by atoms with Crippen LogP contribution in [0.1, 0.15) is 90.1 Å². The van der Waals surface area contributed by atoms with Crippen molar-refractivity contribution in [2.75, 3.05) is 9.80 Å². The van der Waals surface area contributed by atoms with Gasteiger partial charge in [0.2, 0.25) is 0 Å². The first-order valence-electron chi connectivity index (χ1n) is 19.4. The molecule has 0 N–H and O–H groups in total. The fourth-order valence-corrected chi connectivity index (χ4v) is 7.50. The maximum Gasteiger partial charge on any atom is 0.0620 e. The molecule has 0 aliphatic heterocycles. The smallest absolute Gasteiger partial charge is 0.0620 e. The highest BCUT2D eigenvalue weighted by atomic mass is 15.2. The van der Waals surface area contributed by atoms with E-state index in [1.165, 1.54) is 60.7 Å². The summed E-state index contributed by atoms with van der Waals surface area (Å²) in [5.41, 5.74) is 13.4. The second kappa shape index (κ2) is 13.8. The lowest BCUT2D eigenvalue weighted by Gasteiger charge is -2.34. The number of benzene rings is 7. The predicted molar refractivity (Wildman–Crippen MR) is 236 cm³/mol. The van der Waals surface area contributed by atoms with Crippen molar-refractivity contribution in [2.24, 2.45) is 0 Å². The molecule has 0 aromatic heterocycles. The van der Waals surface area contributed by atoms with Crippen molar-refractivity contribution in [3.05, 3.63) is 167 Å². The van der Waals surface area contributed by atoms with Crippen molar-refractivity contribution in [1.29, 1.82) is 0 Å². The fraction of sp³-hybridized carbons (Fsp3) is 0.269. The molecule has 0 fully saturated rings. The predicted octanol–water partition coefficient (Wildman–Crippen LogP) is 15.4. The van der Waals surface area contributed by atoms with Crippen LogP contribution < -0.4 is 9.80 Å². The van der Waals surface area contributed by atoms with Crippen LogP contribution in [0.2, 0.25) is 0 Å². The first kappa shape index (κ1) is 37.0. The summed E-state index contributed by atoms with van der Waals surface area (Å²) in [6.07, 6.45) is 0. The molecular formula is C52H56N2. The summed E-state index contributed by atoms with van der Waals surface area (Å²) in [6, 6.07) is 52.6. The highest BCUT2D eigenvalue weighted by Crippen LogP contribution is 2.52. The Labute approximate surface area is 324 Å². The van der Waals surface area contributed by atoms with Gasteiger partial charge >= 0.3 is 0 Å². The molecule has 0 spiro atoms. The summed E-state index contributed by atoms with van der Waals surface area (Å²) in [6.45, 7) is 24.9. The van der Waals surface area contributed by atoms with Crippen LogP contribution in [0, 0.1) is 13.8 Å². The van der Waals surface area contributed by atoms with Crippen molar-refractivity contribution in [3.63, 3.8) is 0 Å². The largest absolute Gasteiger partial charge is 0.309 e. The molecule has 0 saturated heterocycles. The van der Waals surface area contributed by atoms with Crippen molar-refractivity contribution < 1.29 is 0 Å². The van der Waals surface area contributed by atoms with E-state index in [9.17, 15) is 0 Å². The molecule has 54 heavy (non-hydrogen) atoms. The van der Waals surface area contributed by atoms with Gasteiger partial charge in [-0.15, -0.1) is 0 Å². The SMILES string of the molecule is Cc1ccc(N(c2ccc(C(C)(C)C)cc2)c2c3ccccc3c(N(c3ccc(C)cc3)c3ccc(C(C)(C)C)cc3)c3cc(C(C)(C)C)ccc23)cc1. The van der Waals surface area contributed by atoms with E-state index in [2.05, 4.69) is 225 Å². The minimum absolute atomic E-state index is 0.0419. The number of aryl methyl sites for hydroxylation is 2. The maximum absolute atomic E-state index is 2.49. The zero-order chi connectivity index (χ0) is 38.6. The maximum atomic E-state index is 2.49. The van der Waals surface area contributed by atoms with Gasteiger partial charge in [-0.3, -0.25) is 0 Å². The Morgan fingerprint density at radius 2 is 0.611 bits per heavy atom. The molecule has 2 heteroatoms. The van der Waals surface area contributed by atoms with E-state index in [0.29, 0.717) is 0 Å². The third kappa shape index (κ3) is 7.15. The zero-order valence-electron chi connectivity index (χ0n) is 34.2. The van der Waals surface area contributed by atoms with Crippen molar-refractivity contribution in [2.45, 2.75) is 92.4 Å². The van der Waals surface area contributed by atoms with Crippen LogP contribution in [-0.2, 0) is 16.2 Å². The van der Waals surface area contributed by atoms with E-state index in [0.717, 1.165) is 22.7 Å². The molecule has 0 aliphatic rings. The lowest BCUT2D eigenvalue weighted by molar-refractivity contribution is 0.590.